The van der Waals surface area contributed by atoms with E-state index < -0.39 is 11.7 Å². The minimum absolute atomic E-state index is 0.0156. The molecule has 1 rings (SSSR count). The van der Waals surface area contributed by atoms with Gasteiger partial charge in [-0.05, 0) is 35.0 Å². The van der Waals surface area contributed by atoms with Crippen molar-refractivity contribution in [1.82, 2.24) is 4.90 Å². The molecule has 0 aromatic heterocycles. The van der Waals surface area contributed by atoms with Crippen molar-refractivity contribution in [3.63, 3.8) is 0 Å². The van der Waals surface area contributed by atoms with Gasteiger partial charge in [0.1, 0.15) is 11.7 Å². The third kappa shape index (κ3) is 3.66. The van der Waals surface area contributed by atoms with Crippen molar-refractivity contribution >= 4 is 27.7 Å². The Bertz CT molecular complexity index is 508. The SMILES string of the molecule is CC(C/C(N)=N/O)N(C)C(=O)c1cccc(Br)c1F. The second-order valence-corrected chi connectivity index (χ2v) is 5.02. The molecule has 1 unspecified atom stereocenters. The smallest absolute Gasteiger partial charge is 0.256 e. The Morgan fingerprint density at radius 1 is 1.63 bits per heavy atom. The lowest BCUT2D eigenvalue weighted by Gasteiger charge is -2.24. The van der Waals surface area contributed by atoms with Gasteiger partial charge in [0.05, 0.1) is 10.0 Å². The van der Waals surface area contributed by atoms with Gasteiger partial charge in [-0.3, -0.25) is 4.79 Å². The van der Waals surface area contributed by atoms with E-state index in [2.05, 4.69) is 21.1 Å². The van der Waals surface area contributed by atoms with Gasteiger partial charge < -0.3 is 15.8 Å². The fourth-order valence-electron chi connectivity index (χ4n) is 1.54. The van der Waals surface area contributed by atoms with Crippen molar-refractivity contribution in [2.24, 2.45) is 10.9 Å². The van der Waals surface area contributed by atoms with Crippen LogP contribution >= 0.6 is 15.9 Å². The number of nitrogens with two attached hydrogens (primary N) is 1. The van der Waals surface area contributed by atoms with Crippen molar-refractivity contribution in [3.8, 4) is 0 Å². The standard InChI is InChI=1S/C12H15BrFN3O2/c1-7(6-10(15)16-19)17(2)12(18)8-4-3-5-9(13)11(8)14/h3-5,7,19H,6H2,1-2H3,(H2,15,16). The monoisotopic (exact) mass is 331 g/mol. The van der Waals surface area contributed by atoms with Gasteiger partial charge >= 0.3 is 0 Å². The number of nitrogens with zero attached hydrogens (tertiary/aromatic N) is 2. The first kappa shape index (κ1) is 15.4. The maximum atomic E-state index is 13.8. The van der Waals surface area contributed by atoms with Gasteiger partial charge in [0.2, 0.25) is 0 Å². The number of carbonyl (C=O) groups excluding carboxylic acids is 1. The van der Waals surface area contributed by atoms with E-state index in [1.807, 2.05) is 0 Å². The van der Waals surface area contributed by atoms with Crippen LogP contribution in [0.2, 0.25) is 0 Å². The fraction of sp³-hybridized carbons (Fsp3) is 0.333. The molecule has 0 saturated heterocycles. The highest BCUT2D eigenvalue weighted by molar-refractivity contribution is 9.10. The number of hydrogen-bond acceptors (Lipinski definition) is 3. The fourth-order valence-corrected chi connectivity index (χ4v) is 1.91. The second-order valence-electron chi connectivity index (χ2n) is 4.16. The first-order valence-corrected chi connectivity index (χ1v) is 6.35. The maximum Gasteiger partial charge on any atom is 0.256 e. The Kier molecular flexibility index (Phi) is 5.29. The average molecular weight is 332 g/mol. The van der Waals surface area contributed by atoms with Crippen LogP contribution in [0.5, 0.6) is 0 Å². The number of amides is 1. The topological polar surface area (TPSA) is 78.9 Å². The van der Waals surface area contributed by atoms with Crippen molar-refractivity contribution in [1.29, 1.82) is 0 Å². The Hall–Kier alpha value is -1.63. The molecule has 0 aliphatic heterocycles. The van der Waals surface area contributed by atoms with Gasteiger partial charge in [-0.15, -0.1) is 0 Å². The number of amidine groups is 1. The minimum Gasteiger partial charge on any atom is -0.409 e. The van der Waals surface area contributed by atoms with E-state index in [1.165, 1.54) is 24.1 Å². The molecule has 1 aromatic carbocycles. The predicted octanol–water partition coefficient (Wildman–Crippen LogP) is 2.19. The summed E-state index contributed by atoms with van der Waals surface area (Å²) in [6, 6.07) is 4.20. The predicted molar refractivity (Wildman–Crippen MR) is 73.7 cm³/mol. The Morgan fingerprint density at radius 3 is 2.84 bits per heavy atom. The normalized spacial score (nSPS) is 13.2. The summed E-state index contributed by atoms with van der Waals surface area (Å²) >= 11 is 3.03. The van der Waals surface area contributed by atoms with Crippen LogP contribution in [0.1, 0.15) is 23.7 Å². The molecule has 1 atom stereocenters. The van der Waals surface area contributed by atoms with E-state index in [0.29, 0.717) is 0 Å². The summed E-state index contributed by atoms with van der Waals surface area (Å²) in [5.41, 5.74) is 5.36. The summed E-state index contributed by atoms with van der Waals surface area (Å²) in [6.07, 6.45) is 0.203. The molecule has 5 nitrogen and oxygen atoms in total. The molecule has 0 heterocycles. The lowest BCUT2D eigenvalue weighted by atomic mass is 10.1. The largest absolute Gasteiger partial charge is 0.409 e. The van der Waals surface area contributed by atoms with Gasteiger partial charge in [-0.1, -0.05) is 11.2 Å². The van der Waals surface area contributed by atoms with E-state index in [0.717, 1.165) is 0 Å². The quantitative estimate of drug-likeness (QED) is 0.384. The third-order valence-corrected chi connectivity index (χ3v) is 3.41. The molecule has 1 aromatic rings. The van der Waals surface area contributed by atoms with E-state index in [1.54, 1.807) is 13.0 Å². The number of carbonyl (C=O) groups is 1. The third-order valence-electron chi connectivity index (χ3n) is 2.80. The molecule has 0 aliphatic rings. The molecule has 19 heavy (non-hydrogen) atoms. The van der Waals surface area contributed by atoms with Gasteiger partial charge in [0.25, 0.3) is 5.91 Å². The van der Waals surface area contributed by atoms with Crippen LogP contribution in [0.25, 0.3) is 0 Å². The van der Waals surface area contributed by atoms with Crippen LogP contribution in [-0.2, 0) is 0 Å². The summed E-state index contributed by atoms with van der Waals surface area (Å²) in [7, 11) is 1.54. The second kappa shape index (κ2) is 6.51. The van der Waals surface area contributed by atoms with Crippen LogP contribution in [-0.4, -0.2) is 34.9 Å². The van der Waals surface area contributed by atoms with Crippen LogP contribution in [0.3, 0.4) is 0 Å². The maximum absolute atomic E-state index is 13.8. The molecule has 0 radical (unpaired) electrons. The van der Waals surface area contributed by atoms with E-state index in [4.69, 9.17) is 10.9 Å². The van der Waals surface area contributed by atoms with Crippen molar-refractivity contribution < 1.29 is 14.4 Å². The van der Waals surface area contributed by atoms with E-state index >= 15 is 0 Å². The highest BCUT2D eigenvalue weighted by Crippen LogP contribution is 2.20. The first-order valence-electron chi connectivity index (χ1n) is 5.56. The zero-order valence-corrected chi connectivity index (χ0v) is 12.2. The Labute approximate surface area is 119 Å². The summed E-state index contributed by atoms with van der Waals surface area (Å²) in [6.45, 7) is 1.73. The average Bonchev–Trinajstić information content (AvgIpc) is 2.39. The summed E-state index contributed by atoms with van der Waals surface area (Å²) in [5.74, 6) is -1.05. The number of rotatable bonds is 4. The zero-order chi connectivity index (χ0) is 14.6. The molecule has 0 fully saturated rings. The van der Waals surface area contributed by atoms with Gasteiger partial charge in [-0.25, -0.2) is 4.39 Å². The van der Waals surface area contributed by atoms with Crippen LogP contribution in [0.15, 0.2) is 27.8 Å². The van der Waals surface area contributed by atoms with Crippen LogP contribution in [0, 0.1) is 5.82 Å². The summed E-state index contributed by atoms with van der Waals surface area (Å²) < 4.78 is 14.1. The van der Waals surface area contributed by atoms with Crippen molar-refractivity contribution in [3.05, 3.63) is 34.1 Å². The minimum atomic E-state index is -0.602. The van der Waals surface area contributed by atoms with Crippen molar-refractivity contribution in [2.45, 2.75) is 19.4 Å². The molecular weight excluding hydrogens is 317 g/mol. The molecule has 3 N–H and O–H groups in total. The summed E-state index contributed by atoms with van der Waals surface area (Å²) in [4.78, 5) is 13.5. The molecule has 0 bridgehead atoms. The molecule has 7 heteroatoms. The van der Waals surface area contributed by atoms with E-state index in [-0.39, 0.29) is 28.3 Å². The van der Waals surface area contributed by atoms with Gasteiger partial charge in [-0.2, -0.15) is 0 Å². The van der Waals surface area contributed by atoms with Gasteiger partial charge in [0.15, 0.2) is 0 Å². The molecule has 1 amide bonds. The Morgan fingerprint density at radius 2 is 2.26 bits per heavy atom. The molecule has 104 valence electrons. The van der Waals surface area contributed by atoms with Crippen LogP contribution in [0.4, 0.5) is 4.39 Å². The van der Waals surface area contributed by atoms with Gasteiger partial charge in [0, 0.05) is 19.5 Å². The Balaban J connectivity index is 2.90. The molecular formula is C12H15BrFN3O2. The lowest BCUT2D eigenvalue weighted by Crippen LogP contribution is -2.38. The highest BCUT2D eigenvalue weighted by atomic mass is 79.9. The summed E-state index contributed by atoms with van der Waals surface area (Å²) in [5, 5.41) is 11.3. The van der Waals surface area contributed by atoms with E-state index in [9.17, 15) is 9.18 Å². The number of halogens is 2. The number of hydrogen-bond donors (Lipinski definition) is 2. The number of oxime groups is 1. The zero-order valence-electron chi connectivity index (χ0n) is 10.6. The number of benzene rings is 1. The molecule has 0 saturated carbocycles. The molecule has 0 aliphatic carbocycles. The van der Waals surface area contributed by atoms with Crippen LogP contribution < -0.4 is 5.73 Å². The molecule has 0 spiro atoms. The first-order chi connectivity index (χ1) is 8.88. The van der Waals surface area contributed by atoms with Crippen molar-refractivity contribution in [2.75, 3.05) is 7.05 Å². The highest BCUT2D eigenvalue weighted by Gasteiger charge is 2.22. The lowest BCUT2D eigenvalue weighted by molar-refractivity contribution is 0.0742.